The van der Waals surface area contributed by atoms with E-state index < -0.39 is 0 Å². The number of rotatable bonds is 3. The molecule has 5 rings (SSSR count). The van der Waals surface area contributed by atoms with Gasteiger partial charge in [0, 0.05) is 24.1 Å². The van der Waals surface area contributed by atoms with Crippen molar-refractivity contribution in [1.82, 2.24) is 14.8 Å². The lowest BCUT2D eigenvalue weighted by atomic mass is 9.90. The quantitative estimate of drug-likeness (QED) is 0.844. The van der Waals surface area contributed by atoms with Crippen LogP contribution in [0.25, 0.3) is 0 Å². The number of aromatic nitrogens is 3. The first kappa shape index (κ1) is 19.3. The van der Waals surface area contributed by atoms with E-state index >= 15 is 0 Å². The van der Waals surface area contributed by atoms with Gasteiger partial charge in [0.05, 0.1) is 36.2 Å². The predicted molar refractivity (Wildman–Crippen MR) is 112 cm³/mol. The minimum atomic E-state index is 0.0393. The topological polar surface area (TPSA) is 92.8 Å². The van der Waals surface area contributed by atoms with E-state index in [0.29, 0.717) is 24.6 Å². The van der Waals surface area contributed by atoms with Gasteiger partial charge in [0.15, 0.2) is 0 Å². The van der Waals surface area contributed by atoms with Gasteiger partial charge < -0.3 is 10.1 Å². The average Bonchev–Trinajstić information content (AvgIpc) is 2.79. The van der Waals surface area contributed by atoms with Crippen molar-refractivity contribution >= 4 is 5.82 Å². The maximum absolute atomic E-state index is 12.6. The summed E-state index contributed by atoms with van der Waals surface area (Å²) in [6.45, 7) is 1.21. The van der Waals surface area contributed by atoms with E-state index in [1.165, 1.54) is 0 Å². The molecule has 1 aliphatic heterocycles. The summed E-state index contributed by atoms with van der Waals surface area (Å²) in [5.41, 5.74) is 4.92. The molecule has 3 aliphatic rings. The Kier molecular flexibility index (Phi) is 5.26. The molecule has 0 saturated heterocycles. The Morgan fingerprint density at radius 2 is 1.90 bits per heavy atom. The molecule has 7 nitrogen and oxygen atoms in total. The lowest BCUT2D eigenvalue weighted by Gasteiger charge is -2.31. The Bertz CT molecular complexity index is 1050. The number of ether oxygens (including phenoxy) is 1. The van der Waals surface area contributed by atoms with Crippen LogP contribution in [0.4, 0.5) is 5.82 Å². The number of hydrogen-bond acceptors (Lipinski definition) is 6. The fourth-order valence-corrected chi connectivity index (χ4v) is 4.98. The van der Waals surface area contributed by atoms with Gasteiger partial charge >= 0.3 is 0 Å². The van der Waals surface area contributed by atoms with Crippen LogP contribution in [0.2, 0.25) is 0 Å². The van der Waals surface area contributed by atoms with Gasteiger partial charge in [-0.25, -0.2) is 9.67 Å². The van der Waals surface area contributed by atoms with Gasteiger partial charge in [0.1, 0.15) is 11.9 Å². The van der Waals surface area contributed by atoms with Crippen molar-refractivity contribution in [3.63, 3.8) is 0 Å². The van der Waals surface area contributed by atoms with Crippen molar-refractivity contribution in [2.75, 3.05) is 11.9 Å². The van der Waals surface area contributed by atoms with Crippen LogP contribution in [0.15, 0.2) is 16.9 Å². The van der Waals surface area contributed by atoms with E-state index in [1.54, 1.807) is 4.68 Å². The number of fused-ring (bicyclic) bond motifs is 2. The molecule has 7 heteroatoms. The number of nitriles is 1. The molecule has 0 atom stereocenters. The summed E-state index contributed by atoms with van der Waals surface area (Å²) in [5.74, 6) is 0.686. The summed E-state index contributed by atoms with van der Waals surface area (Å²) in [4.78, 5) is 17.3. The van der Waals surface area contributed by atoms with Gasteiger partial charge in [-0.05, 0) is 63.0 Å². The van der Waals surface area contributed by atoms with Crippen molar-refractivity contribution in [1.29, 1.82) is 5.26 Å². The van der Waals surface area contributed by atoms with Gasteiger partial charge in [-0.1, -0.05) is 0 Å². The molecule has 3 heterocycles. The molecule has 0 amide bonds. The molecule has 0 radical (unpaired) electrons. The first-order valence-corrected chi connectivity index (χ1v) is 11.1. The minimum Gasteiger partial charge on any atom is -0.376 e. The SMILES string of the molecule is N#Cc1cc2c(nc1NC1CCC(n3nc4c(cc3=O)CCCC4)CC1)CCOC2. The number of hydrogen-bond donors (Lipinski definition) is 1. The Labute approximate surface area is 176 Å². The zero-order valence-electron chi connectivity index (χ0n) is 17.2. The smallest absolute Gasteiger partial charge is 0.267 e. The summed E-state index contributed by atoms with van der Waals surface area (Å²) in [6.07, 6.45) is 8.75. The van der Waals surface area contributed by atoms with Gasteiger partial charge in [-0.2, -0.15) is 10.4 Å². The summed E-state index contributed by atoms with van der Waals surface area (Å²) < 4.78 is 7.21. The zero-order valence-corrected chi connectivity index (χ0v) is 17.2. The third-order valence-corrected chi connectivity index (χ3v) is 6.67. The Hall–Kier alpha value is -2.72. The average molecular weight is 406 g/mol. The fraction of sp³-hybridized carbons (Fsp3) is 0.565. The Balaban J connectivity index is 1.28. The lowest BCUT2D eigenvalue weighted by molar-refractivity contribution is 0.109. The number of pyridine rings is 1. The van der Waals surface area contributed by atoms with Crippen LogP contribution in [0.5, 0.6) is 0 Å². The van der Waals surface area contributed by atoms with Crippen molar-refractivity contribution in [3.8, 4) is 6.07 Å². The molecular weight excluding hydrogens is 378 g/mol. The molecule has 30 heavy (non-hydrogen) atoms. The van der Waals surface area contributed by atoms with E-state index in [1.807, 2.05) is 12.1 Å². The molecule has 0 aromatic carbocycles. The summed E-state index contributed by atoms with van der Waals surface area (Å²) >= 11 is 0. The van der Waals surface area contributed by atoms with Crippen LogP contribution in [-0.4, -0.2) is 27.4 Å². The third kappa shape index (κ3) is 3.72. The molecule has 156 valence electrons. The van der Waals surface area contributed by atoms with Crippen molar-refractivity contribution in [2.24, 2.45) is 0 Å². The number of anilines is 1. The molecular formula is C23H27N5O2. The van der Waals surface area contributed by atoms with Crippen LogP contribution in [0.1, 0.15) is 72.6 Å². The monoisotopic (exact) mass is 405 g/mol. The molecule has 2 aliphatic carbocycles. The maximum atomic E-state index is 12.6. The highest BCUT2D eigenvalue weighted by Gasteiger charge is 2.26. The van der Waals surface area contributed by atoms with Gasteiger partial charge in [-0.15, -0.1) is 0 Å². The third-order valence-electron chi connectivity index (χ3n) is 6.67. The van der Waals surface area contributed by atoms with Crippen LogP contribution in [0.3, 0.4) is 0 Å². The van der Waals surface area contributed by atoms with E-state index in [-0.39, 0.29) is 17.6 Å². The second-order valence-corrected chi connectivity index (χ2v) is 8.66. The fourth-order valence-electron chi connectivity index (χ4n) is 4.98. The molecule has 0 spiro atoms. The first-order chi connectivity index (χ1) is 14.7. The maximum Gasteiger partial charge on any atom is 0.267 e. The second-order valence-electron chi connectivity index (χ2n) is 8.66. The van der Waals surface area contributed by atoms with Gasteiger partial charge in [0.2, 0.25) is 0 Å². The number of nitrogens with zero attached hydrogens (tertiary/aromatic N) is 4. The zero-order chi connectivity index (χ0) is 20.5. The summed E-state index contributed by atoms with van der Waals surface area (Å²) in [7, 11) is 0. The van der Waals surface area contributed by atoms with Crippen LogP contribution in [0, 0.1) is 11.3 Å². The van der Waals surface area contributed by atoms with Crippen LogP contribution >= 0.6 is 0 Å². The predicted octanol–water partition coefficient (Wildman–Crippen LogP) is 3.06. The molecule has 0 unspecified atom stereocenters. The van der Waals surface area contributed by atoms with Gasteiger partial charge in [-0.3, -0.25) is 4.79 Å². The molecule has 1 fully saturated rings. The highest BCUT2D eigenvalue weighted by molar-refractivity contribution is 5.55. The standard InChI is InChI=1S/C23H27N5O2/c24-13-16-11-17-14-30-10-9-20(17)26-23(16)25-18-5-7-19(8-6-18)28-22(29)12-15-3-1-2-4-21(15)27-28/h11-12,18-19H,1-10,14H2,(H,25,26). The van der Waals surface area contributed by atoms with Crippen LogP contribution < -0.4 is 10.9 Å². The van der Waals surface area contributed by atoms with Crippen LogP contribution in [-0.2, 0) is 30.6 Å². The molecule has 1 N–H and O–H groups in total. The number of nitrogens with one attached hydrogen (secondary N) is 1. The van der Waals surface area contributed by atoms with E-state index in [9.17, 15) is 10.1 Å². The highest BCUT2D eigenvalue weighted by Crippen LogP contribution is 2.31. The minimum absolute atomic E-state index is 0.0393. The Morgan fingerprint density at radius 1 is 1.07 bits per heavy atom. The molecule has 1 saturated carbocycles. The van der Waals surface area contributed by atoms with E-state index in [2.05, 4.69) is 11.4 Å². The molecule has 2 aromatic heterocycles. The normalized spacial score (nSPS) is 23.2. The molecule has 2 aromatic rings. The van der Waals surface area contributed by atoms with Crippen molar-refractivity contribution in [3.05, 3.63) is 50.6 Å². The largest absolute Gasteiger partial charge is 0.376 e. The molecule has 0 bridgehead atoms. The second kappa shape index (κ2) is 8.19. The lowest BCUT2D eigenvalue weighted by Crippen LogP contribution is -2.34. The summed E-state index contributed by atoms with van der Waals surface area (Å²) in [5, 5.41) is 17.8. The van der Waals surface area contributed by atoms with E-state index in [4.69, 9.17) is 14.8 Å². The van der Waals surface area contributed by atoms with E-state index in [0.717, 1.165) is 80.3 Å². The summed E-state index contributed by atoms with van der Waals surface area (Å²) in [6, 6.07) is 6.41. The highest BCUT2D eigenvalue weighted by atomic mass is 16.5. The van der Waals surface area contributed by atoms with Crippen molar-refractivity contribution in [2.45, 2.75) is 76.5 Å². The van der Waals surface area contributed by atoms with Crippen molar-refractivity contribution < 1.29 is 4.74 Å². The number of aryl methyl sites for hydroxylation is 2. The Morgan fingerprint density at radius 3 is 2.73 bits per heavy atom. The first-order valence-electron chi connectivity index (χ1n) is 11.1. The van der Waals surface area contributed by atoms with Gasteiger partial charge in [0.25, 0.3) is 5.56 Å².